The first-order valence-electron chi connectivity index (χ1n) is 3.64. The van der Waals surface area contributed by atoms with Crippen molar-refractivity contribution in [3.8, 4) is 0 Å². The van der Waals surface area contributed by atoms with Crippen molar-refractivity contribution in [1.29, 1.82) is 0 Å². The number of rotatable bonds is 1. The van der Waals surface area contributed by atoms with Crippen LogP contribution in [-0.2, 0) is 4.74 Å². The van der Waals surface area contributed by atoms with E-state index in [4.69, 9.17) is 25.8 Å². The second-order valence-electron chi connectivity index (χ2n) is 2.81. The highest BCUT2D eigenvalue weighted by Crippen LogP contribution is 2.17. The molecule has 0 aromatic heterocycles. The fourth-order valence-corrected chi connectivity index (χ4v) is 1.13. The predicted molar refractivity (Wildman–Crippen MR) is 38.0 cm³/mol. The molecule has 5 atom stereocenters. The van der Waals surface area contributed by atoms with Crippen molar-refractivity contribution in [2.24, 2.45) is 5.73 Å². The molecule has 1 rings (SSSR count). The van der Waals surface area contributed by atoms with Gasteiger partial charge in [0.1, 0.15) is 18.3 Å². The minimum absolute atomic E-state index is 0.401. The summed E-state index contributed by atoms with van der Waals surface area (Å²) in [6, 6.07) is -0.881. The van der Waals surface area contributed by atoms with Crippen LogP contribution in [0.3, 0.4) is 0 Å². The van der Waals surface area contributed by atoms with Gasteiger partial charge in [-0.3, -0.25) is 0 Å². The molecule has 6 heteroatoms. The van der Waals surface area contributed by atoms with E-state index in [9.17, 15) is 5.11 Å². The van der Waals surface area contributed by atoms with Crippen LogP contribution >= 0.6 is 0 Å². The Bertz CT molecular complexity index is 150. The number of aliphatic hydroxyl groups excluding tert-OH is 4. The maximum Gasteiger partial charge on any atom is 0.183 e. The molecule has 12 heavy (non-hydrogen) atoms. The van der Waals surface area contributed by atoms with Crippen LogP contribution in [0.15, 0.2) is 0 Å². The van der Waals surface area contributed by atoms with Crippen LogP contribution in [0.1, 0.15) is 0 Å². The summed E-state index contributed by atoms with van der Waals surface area (Å²) in [5, 5.41) is 35.9. The summed E-state index contributed by atoms with van der Waals surface area (Å²) in [5.41, 5.74) is 5.38. The average Bonchev–Trinajstić information content (AvgIpc) is 2.08. The van der Waals surface area contributed by atoms with E-state index in [-0.39, 0.29) is 0 Å². The van der Waals surface area contributed by atoms with Gasteiger partial charge in [0.15, 0.2) is 6.29 Å². The zero-order valence-corrected chi connectivity index (χ0v) is 6.37. The van der Waals surface area contributed by atoms with Crippen molar-refractivity contribution in [3.05, 3.63) is 0 Å². The Morgan fingerprint density at radius 2 is 1.75 bits per heavy atom. The zero-order chi connectivity index (χ0) is 9.30. The highest BCUT2D eigenvalue weighted by molar-refractivity contribution is 4.90. The van der Waals surface area contributed by atoms with Crippen LogP contribution in [-0.4, -0.2) is 57.7 Å². The van der Waals surface area contributed by atoms with Gasteiger partial charge in [0.05, 0.1) is 12.6 Å². The molecule has 1 aliphatic rings. The molecule has 0 amide bonds. The van der Waals surface area contributed by atoms with Crippen LogP contribution in [0.2, 0.25) is 0 Å². The summed E-state index contributed by atoms with van der Waals surface area (Å²) in [6.45, 7) is -0.401. The van der Waals surface area contributed by atoms with Gasteiger partial charge < -0.3 is 30.9 Å². The molecule has 6 nitrogen and oxygen atoms in total. The lowest BCUT2D eigenvalue weighted by Crippen LogP contribution is -2.61. The fraction of sp³-hybridized carbons (Fsp3) is 1.00. The first kappa shape index (κ1) is 9.85. The molecule has 0 aromatic carbocycles. The molecule has 0 bridgehead atoms. The van der Waals surface area contributed by atoms with Crippen LogP contribution < -0.4 is 5.73 Å². The molecule has 0 unspecified atom stereocenters. The largest absolute Gasteiger partial charge is 0.394 e. The molecule has 0 radical (unpaired) electrons. The topological polar surface area (TPSA) is 116 Å². The molecule has 1 saturated heterocycles. The minimum atomic E-state index is -1.49. The second kappa shape index (κ2) is 3.65. The van der Waals surface area contributed by atoms with Gasteiger partial charge in [-0.25, -0.2) is 0 Å². The Hall–Kier alpha value is -0.240. The molecular weight excluding hydrogens is 166 g/mol. The standard InChI is InChI=1S/C6H13NO5/c7-3-2(1-8)12-6(11)5(10)4(3)9/h2-6,8-11H,1,7H2/t2-,3-,4+,5-,6+/m1/s1. The summed E-state index contributed by atoms with van der Waals surface area (Å²) < 4.78 is 4.70. The highest BCUT2D eigenvalue weighted by atomic mass is 16.6. The van der Waals surface area contributed by atoms with E-state index in [2.05, 4.69) is 0 Å². The van der Waals surface area contributed by atoms with Crippen LogP contribution in [0.4, 0.5) is 0 Å². The normalized spacial score (nSPS) is 49.2. The zero-order valence-electron chi connectivity index (χ0n) is 6.37. The lowest BCUT2D eigenvalue weighted by molar-refractivity contribution is -0.258. The van der Waals surface area contributed by atoms with Crippen molar-refractivity contribution in [1.82, 2.24) is 0 Å². The van der Waals surface area contributed by atoms with Gasteiger partial charge in [0.2, 0.25) is 0 Å². The molecule has 72 valence electrons. The molecule has 1 fully saturated rings. The quantitative estimate of drug-likeness (QED) is 0.288. The first-order chi connectivity index (χ1) is 5.57. The van der Waals surface area contributed by atoms with Gasteiger partial charge in [-0.2, -0.15) is 0 Å². The first-order valence-corrected chi connectivity index (χ1v) is 3.64. The maximum atomic E-state index is 9.19. The van der Waals surface area contributed by atoms with E-state index in [0.717, 1.165) is 0 Å². The third kappa shape index (κ3) is 1.58. The summed E-state index contributed by atoms with van der Waals surface area (Å²) >= 11 is 0. The number of ether oxygens (including phenoxy) is 1. The third-order valence-corrected chi connectivity index (χ3v) is 1.96. The number of hydrogen-bond acceptors (Lipinski definition) is 6. The lowest BCUT2D eigenvalue weighted by atomic mass is 9.98. The van der Waals surface area contributed by atoms with E-state index in [1.165, 1.54) is 0 Å². The summed E-state index contributed by atoms with van der Waals surface area (Å²) in [4.78, 5) is 0. The Morgan fingerprint density at radius 1 is 1.17 bits per heavy atom. The van der Waals surface area contributed by atoms with Gasteiger partial charge in [-0.05, 0) is 0 Å². The smallest absolute Gasteiger partial charge is 0.183 e. The van der Waals surface area contributed by atoms with E-state index >= 15 is 0 Å². The SMILES string of the molecule is N[C@H]1[C@H](O)[C@@H](O)[C@@H](O)O[C@@H]1CO. The van der Waals surface area contributed by atoms with Crippen molar-refractivity contribution in [2.75, 3.05) is 6.61 Å². The second-order valence-corrected chi connectivity index (χ2v) is 2.81. The van der Waals surface area contributed by atoms with Gasteiger partial charge in [0, 0.05) is 0 Å². The maximum absolute atomic E-state index is 9.19. The van der Waals surface area contributed by atoms with Crippen LogP contribution in [0, 0.1) is 0 Å². The number of aliphatic hydroxyl groups is 4. The van der Waals surface area contributed by atoms with E-state index in [1.54, 1.807) is 0 Å². The van der Waals surface area contributed by atoms with Gasteiger partial charge in [-0.1, -0.05) is 0 Å². The molecule has 1 aliphatic heterocycles. The van der Waals surface area contributed by atoms with Crippen molar-refractivity contribution >= 4 is 0 Å². The molecule has 6 N–H and O–H groups in total. The Balaban J connectivity index is 2.63. The van der Waals surface area contributed by atoms with E-state index in [0.29, 0.717) is 0 Å². The summed E-state index contributed by atoms with van der Waals surface area (Å²) in [7, 11) is 0. The Morgan fingerprint density at radius 3 is 2.25 bits per heavy atom. The van der Waals surface area contributed by atoms with Crippen molar-refractivity contribution < 1.29 is 25.2 Å². The van der Waals surface area contributed by atoms with Gasteiger partial charge in [0.25, 0.3) is 0 Å². The predicted octanol–water partition coefficient (Wildman–Crippen LogP) is -3.26. The fourth-order valence-electron chi connectivity index (χ4n) is 1.13. The average molecular weight is 179 g/mol. The lowest BCUT2D eigenvalue weighted by Gasteiger charge is -2.38. The van der Waals surface area contributed by atoms with Crippen molar-refractivity contribution in [3.63, 3.8) is 0 Å². The number of hydrogen-bond donors (Lipinski definition) is 5. The molecular formula is C6H13NO5. The Labute approximate surface area is 69.2 Å². The summed E-state index contributed by atoms with van der Waals surface area (Å²) in [5.74, 6) is 0. The van der Waals surface area contributed by atoms with Gasteiger partial charge >= 0.3 is 0 Å². The van der Waals surface area contributed by atoms with Crippen LogP contribution in [0.5, 0.6) is 0 Å². The molecule has 0 spiro atoms. The molecule has 0 aliphatic carbocycles. The van der Waals surface area contributed by atoms with Gasteiger partial charge in [-0.15, -0.1) is 0 Å². The summed E-state index contributed by atoms with van der Waals surface area (Å²) in [6.07, 6.45) is -5.01. The molecule has 0 aromatic rings. The van der Waals surface area contributed by atoms with Crippen molar-refractivity contribution in [2.45, 2.75) is 30.6 Å². The highest BCUT2D eigenvalue weighted by Gasteiger charge is 2.41. The minimum Gasteiger partial charge on any atom is -0.394 e. The third-order valence-electron chi connectivity index (χ3n) is 1.96. The molecule has 1 heterocycles. The monoisotopic (exact) mass is 179 g/mol. The van der Waals surface area contributed by atoms with E-state index in [1.807, 2.05) is 0 Å². The van der Waals surface area contributed by atoms with E-state index < -0.39 is 37.3 Å². The molecule has 0 saturated carbocycles. The number of nitrogens with two attached hydrogens (primary N) is 1. The Kier molecular flexibility index (Phi) is 2.99. The van der Waals surface area contributed by atoms with Crippen LogP contribution in [0.25, 0.3) is 0 Å².